The van der Waals surface area contributed by atoms with E-state index in [9.17, 15) is 4.79 Å². The first kappa shape index (κ1) is 12.4. The third-order valence-electron chi connectivity index (χ3n) is 2.65. The lowest BCUT2D eigenvalue weighted by Crippen LogP contribution is -2.13. The van der Waals surface area contributed by atoms with E-state index in [1.165, 1.54) is 0 Å². The minimum atomic E-state index is -0.444. The maximum absolute atomic E-state index is 11.3. The van der Waals surface area contributed by atoms with Gasteiger partial charge in [-0.05, 0) is 39.0 Å². The first-order valence-electron chi connectivity index (χ1n) is 6.02. The number of anilines is 1. The van der Waals surface area contributed by atoms with Gasteiger partial charge < -0.3 is 9.30 Å². The second kappa shape index (κ2) is 5.08. The zero-order valence-electron chi connectivity index (χ0n) is 10.8. The van der Waals surface area contributed by atoms with Crippen molar-refractivity contribution in [2.45, 2.75) is 26.8 Å². The zero-order valence-corrected chi connectivity index (χ0v) is 10.8. The number of hydrogen-bond acceptors (Lipinski definition) is 3. The van der Waals surface area contributed by atoms with Crippen molar-refractivity contribution in [3.63, 3.8) is 0 Å². The van der Waals surface area contributed by atoms with Crippen molar-refractivity contribution in [2.24, 2.45) is 0 Å². The summed E-state index contributed by atoms with van der Waals surface area (Å²) in [5, 5.41) is 2.66. The fourth-order valence-corrected chi connectivity index (χ4v) is 1.81. The summed E-state index contributed by atoms with van der Waals surface area (Å²) in [6.07, 6.45) is 1.36. The number of carbonyl (C=O) groups excluding carboxylic acids is 1. The number of nitrogens with zero attached hydrogens (tertiary/aromatic N) is 2. The minimum Gasteiger partial charge on any atom is -0.450 e. The molecule has 1 aromatic carbocycles. The van der Waals surface area contributed by atoms with Gasteiger partial charge in [-0.1, -0.05) is 0 Å². The van der Waals surface area contributed by atoms with Crippen LogP contribution in [0.1, 0.15) is 26.8 Å². The van der Waals surface area contributed by atoms with Crippen LogP contribution in [0.2, 0.25) is 0 Å². The largest absolute Gasteiger partial charge is 0.450 e. The highest BCUT2D eigenvalue weighted by atomic mass is 16.5. The highest BCUT2D eigenvalue weighted by molar-refractivity contribution is 5.88. The molecule has 5 heteroatoms. The summed E-state index contributed by atoms with van der Waals surface area (Å²) < 4.78 is 6.91. The number of fused-ring (bicyclic) bond motifs is 1. The van der Waals surface area contributed by atoms with Gasteiger partial charge in [0.15, 0.2) is 0 Å². The standard InChI is InChI=1S/C13H17N3O2/c1-4-18-13(17)15-10-5-6-12-11(7-10)14-8-16(12)9(2)3/h5-9H,4H2,1-3H3,(H,15,17). The van der Waals surface area contributed by atoms with E-state index >= 15 is 0 Å². The van der Waals surface area contributed by atoms with Gasteiger partial charge >= 0.3 is 6.09 Å². The highest BCUT2D eigenvalue weighted by Gasteiger charge is 2.07. The van der Waals surface area contributed by atoms with Crippen molar-refractivity contribution in [3.05, 3.63) is 24.5 Å². The molecule has 1 heterocycles. The molecule has 0 atom stereocenters. The van der Waals surface area contributed by atoms with E-state index in [1.807, 2.05) is 24.5 Å². The van der Waals surface area contributed by atoms with Crippen molar-refractivity contribution in [3.8, 4) is 0 Å². The number of benzene rings is 1. The van der Waals surface area contributed by atoms with Crippen LogP contribution in [0.4, 0.5) is 10.5 Å². The van der Waals surface area contributed by atoms with E-state index < -0.39 is 6.09 Å². The third-order valence-corrected chi connectivity index (χ3v) is 2.65. The van der Waals surface area contributed by atoms with Gasteiger partial charge in [-0.25, -0.2) is 9.78 Å². The Kier molecular flexibility index (Phi) is 3.50. The summed E-state index contributed by atoms with van der Waals surface area (Å²) in [4.78, 5) is 15.6. The number of nitrogens with one attached hydrogen (secondary N) is 1. The molecule has 0 unspecified atom stereocenters. The Bertz CT molecular complexity index is 560. The van der Waals surface area contributed by atoms with Gasteiger partial charge in [0.05, 0.1) is 24.0 Å². The smallest absolute Gasteiger partial charge is 0.411 e. The molecule has 5 nitrogen and oxygen atoms in total. The number of imidazole rings is 1. The van der Waals surface area contributed by atoms with Gasteiger partial charge in [0.1, 0.15) is 0 Å². The summed E-state index contributed by atoms with van der Waals surface area (Å²) in [7, 11) is 0. The average molecular weight is 247 g/mol. The molecular weight excluding hydrogens is 230 g/mol. The van der Waals surface area contributed by atoms with Crippen molar-refractivity contribution in [1.29, 1.82) is 0 Å². The van der Waals surface area contributed by atoms with Crippen LogP contribution in [0.15, 0.2) is 24.5 Å². The Morgan fingerprint density at radius 2 is 2.28 bits per heavy atom. The zero-order chi connectivity index (χ0) is 13.1. The van der Waals surface area contributed by atoms with E-state index in [1.54, 1.807) is 6.92 Å². The normalized spacial score (nSPS) is 10.9. The molecule has 18 heavy (non-hydrogen) atoms. The molecule has 0 saturated heterocycles. The lowest BCUT2D eigenvalue weighted by molar-refractivity contribution is 0.168. The Balaban J connectivity index is 2.26. The number of carbonyl (C=O) groups is 1. The van der Waals surface area contributed by atoms with E-state index in [4.69, 9.17) is 4.74 Å². The summed E-state index contributed by atoms with van der Waals surface area (Å²) >= 11 is 0. The van der Waals surface area contributed by atoms with E-state index in [2.05, 4.69) is 28.7 Å². The fourth-order valence-electron chi connectivity index (χ4n) is 1.81. The van der Waals surface area contributed by atoms with Crippen molar-refractivity contribution in [2.75, 3.05) is 11.9 Å². The van der Waals surface area contributed by atoms with E-state index in [0.717, 1.165) is 11.0 Å². The maximum atomic E-state index is 11.3. The number of rotatable bonds is 3. The number of aromatic nitrogens is 2. The van der Waals surface area contributed by atoms with Gasteiger partial charge in [0.25, 0.3) is 0 Å². The van der Waals surface area contributed by atoms with Crippen LogP contribution >= 0.6 is 0 Å². The second-order valence-corrected chi connectivity index (χ2v) is 4.29. The van der Waals surface area contributed by atoms with Gasteiger partial charge in [-0.15, -0.1) is 0 Å². The molecule has 1 amide bonds. The molecule has 2 rings (SSSR count). The molecule has 0 aliphatic carbocycles. The molecule has 0 saturated carbocycles. The molecule has 0 aliphatic heterocycles. The minimum absolute atomic E-state index is 0.357. The Morgan fingerprint density at radius 1 is 1.50 bits per heavy atom. The van der Waals surface area contributed by atoms with E-state index in [-0.39, 0.29) is 0 Å². The van der Waals surface area contributed by atoms with Crippen molar-refractivity contribution >= 4 is 22.8 Å². The predicted octanol–water partition coefficient (Wildman–Crippen LogP) is 3.19. The SMILES string of the molecule is CCOC(=O)Nc1ccc2c(c1)ncn2C(C)C. The summed E-state index contributed by atoms with van der Waals surface area (Å²) in [5.41, 5.74) is 2.60. The average Bonchev–Trinajstić information content (AvgIpc) is 2.72. The molecule has 1 N–H and O–H groups in total. The molecule has 0 fully saturated rings. The molecule has 0 bridgehead atoms. The second-order valence-electron chi connectivity index (χ2n) is 4.29. The maximum Gasteiger partial charge on any atom is 0.411 e. The predicted molar refractivity (Wildman–Crippen MR) is 70.8 cm³/mol. The lowest BCUT2D eigenvalue weighted by atomic mass is 10.2. The van der Waals surface area contributed by atoms with Crippen LogP contribution in [0.3, 0.4) is 0 Å². The molecule has 0 radical (unpaired) electrons. The van der Waals surface area contributed by atoms with Gasteiger partial charge in [0, 0.05) is 11.7 Å². The molecule has 0 aliphatic rings. The first-order chi connectivity index (χ1) is 8.61. The summed E-state index contributed by atoms with van der Waals surface area (Å²) in [6.45, 7) is 6.33. The highest BCUT2D eigenvalue weighted by Crippen LogP contribution is 2.21. The molecule has 0 spiro atoms. The number of amides is 1. The Labute approximate surface area is 106 Å². The van der Waals surface area contributed by atoms with Gasteiger partial charge in [-0.3, -0.25) is 5.32 Å². The van der Waals surface area contributed by atoms with Gasteiger partial charge in [0.2, 0.25) is 0 Å². The van der Waals surface area contributed by atoms with Crippen molar-refractivity contribution in [1.82, 2.24) is 9.55 Å². The van der Waals surface area contributed by atoms with Crippen LogP contribution in [-0.4, -0.2) is 22.3 Å². The van der Waals surface area contributed by atoms with Crippen molar-refractivity contribution < 1.29 is 9.53 Å². The molecule has 96 valence electrons. The molecular formula is C13H17N3O2. The third kappa shape index (κ3) is 2.45. The molecule has 1 aromatic heterocycles. The number of hydrogen-bond donors (Lipinski definition) is 1. The Hall–Kier alpha value is -2.04. The van der Waals surface area contributed by atoms with Crippen LogP contribution in [0.25, 0.3) is 11.0 Å². The van der Waals surface area contributed by atoms with Crippen LogP contribution in [0.5, 0.6) is 0 Å². The molecule has 2 aromatic rings. The topological polar surface area (TPSA) is 56.1 Å². The van der Waals surface area contributed by atoms with E-state index in [0.29, 0.717) is 18.3 Å². The fraction of sp³-hybridized carbons (Fsp3) is 0.385. The van der Waals surface area contributed by atoms with Crippen LogP contribution in [-0.2, 0) is 4.74 Å². The summed E-state index contributed by atoms with van der Waals surface area (Å²) in [6, 6.07) is 5.99. The monoisotopic (exact) mass is 247 g/mol. The Morgan fingerprint density at radius 3 is 2.94 bits per heavy atom. The van der Waals surface area contributed by atoms with Crippen LogP contribution < -0.4 is 5.32 Å². The number of ether oxygens (including phenoxy) is 1. The summed E-state index contributed by atoms with van der Waals surface area (Å²) in [5.74, 6) is 0. The van der Waals surface area contributed by atoms with Gasteiger partial charge in [-0.2, -0.15) is 0 Å². The first-order valence-corrected chi connectivity index (χ1v) is 6.02. The van der Waals surface area contributed by atoms with Crippen LogP contribution in [0, 0.1) is 0 Å². The quantitative estimate of drug-likeness (QED) is 0.906. The lowest BCUT2D eigenvalue weighted by Gasteiger charge is -2.08.